The highest BCUT2D eigenvalue weighted by Gasteiger charge is 2.36. The molecule has 1 amide bonds. The fourth-order valence-corrected chi connectivity index (χ4v) is 6.83. The topological polar surface area (TPSA) is 104 Å². The van der Waals surface area contributed by atoms with Gasteiger partial charge in [0.2, 0.25) is 5.91 Å². The lowest BCUT2D eigenvalue weighted by Gasteiger charge is -2.37. The Morgan fingerprint density at radius 3 is 2.51 bits per heavy atom. The number of benzene rings is 2. The van der Waals surface area contributed by atoms with E-state index in [0.717, 1.165) is 24.6 Å². The van der Waals surface area contributed by atoms with E-state index >= 15 is 0 Å². The number of sulfone groups is 1. The summed E-state index contributed by atoms with van der Waals surface area (Å²) in [6.07, 6.45) is -2.85. The van der Waals surface area contributed by atoms with E-state index in [4.69, 9.17) is 0 Å². The van der Waals surface area contributed by atoms with Gasteiger partial charge in [-0.25, -0.2) is 13.4 Å². The minimum Gasteiger partial charge on any atom is -0.353 e. The van der Waals surface area contributed by atoms with Crippen molar-refractivity contribution in [3.05, 3.63) is 59.4 Å². The van der Waals surface area contributed by atoms with Crippen molar-refractivity contribution in [1.29, 1.82) is 0 Å². The predicted octanol–water partition coefficient (Wildman–Crippen LogP) is 4.81. The van der Waals surface area contributed by atoms with Crippen LogP contribution >= 0.6 is 0 Å². The fraction of sp³-hybridized carbons (Fsp3) is 0.500. The molecular weight excluding hydrogens is 529 g/mol. The normalized spacial score (nSPS) is 20.4. The van der Waals surface area contributed by atoms with Crippen LogP contribution in [0.15, 0.2) is 47.4 Å². The van der Waals surface area contributed by atoms with Crippen LogP contribution in [0.1, 0.15) is 50.1 Å². The summed E-state index contributed by atoms with van der Waals surface area (Å²) < 4.78 is 66.6. The number of carbonyl (C=O) groups is 1. The number of nitrogens with zero attached hydrogens (tertiary/aromatic N) is 1. The first-order valence-corrected chi connectivity index (χ1v) is 14.8. The van der Waals surface area contributed by atoms with Crippen molar-refractivity contribution in [2.45, 2.75) is 69.6 Å². The van der Waals surface area contributed by atoms with Crippen LogP contribution in [0.25, 0.3) is 11.0 Å². The average molecular weight is 565 g/mol. The maximum absolute atomic E-state index is 13.4. The third kappa shape index (κ3) is 7.39. The van der Waals surface area contributed by atoms with Gasteiger partial charge in [0.25, 0.3) is 0 Å². The molecule has 1 aliphatic carbocycles. The van der Waals surface area contributed by atoms with Crippen molar-refractivity contribution >= 4 is 26.8 Å². The molecule has 7 nitrogen and oxygen atoms in total. The molecule has 3 atom stereocenters. The molecule has 0 spiro atoms. The summed E-state index contributed by atoms with van der Waals surface area (Å²) in [5, 5.41) is 6.48. The Bertz CT molecular complexity index is 1400. The lowest BCUT2D eigenvalue weighted by molar-refractivity contribution is -0.136. The van der Waals surface area contributed by atoms with Gasteiger partial charge in [-0.15, -0.1) is 0 Å². The van der Waals surface area contributed by atoms with E-state index in [1.807, 2.05) is 6.92 Å². The summed E-state index contributed by atoms with van der Waals surface area (Å²) in [5.41, 5.74) is 0.0668. The van der Waals surface area contributed by atoms with Gasteiger partial charge in [-0.1, -0.05) is 37.6 Å². The van der Waals surface area contributed by atoms with Crippen LogP contribution in [0.3, 0.4) is 0 Å². The first-order valence-electron chi connectivity index (χ1n) is 13.2. The maximum Gasteiger partial charge on any atom is 0.418 e. The third-order valence-corrected chi connectivity index (χ3v) is 9.01. The summed E-state index contributed by atoms with van der Waals surface area (Å²) in [4.78, 5) is 20.1. The second-order valence-corrected chi connectivity index (χ2v) is 12.9. The van der Waals surface area contributed by atoms with Crippen LogP contribution in [0.2, 0.25) is 0 Å². The van der Waals surface area contributed by atoms with E-state index in [1.54, 1.807) is 24.3 Å². The molecule has 212 valence electrons. The molecular formula is C28H35F3N4O3S. The number of hydrogen-bond donors (Lipinski definition) is 3. The van der Waals surface area contributed by atoms with Gasteiger partial charge in [-0.2, -0.15) is 13.2 Å². The SMILES string of the molecule is Cc1ccc(S(=O)(=O)C[C@@H]2C[C@H](NCC(C)C)CC[C@@H]2NC(=O)Cc2nc3c(C(F)(F)F)cccc3[nH]2)cc1. The molecule has 3 N–H and O–H groups in total. The highest BCUT2D eigenvalue weighted by molar-refractivity contribution is 7.91. The Hall–Kier alpha value is -2.92. The standard InChI is InChI=1S/C28H35F3N4O3S/c1-17(2)15-32-20-9-12-23(19(13-20)16-39(37,38)21-10-7-18(3)8-11-21)34-26(36)14-25-33-24-6-4-5-22(27(24)35-25)28(29,30)31/h4-8,10-11,17,19-20,23,32H,9,12-16H2,1-3H3,(H,33,35)(H,34,36)/t19-,20+,23-/m0/s1. The van der Waals surface area contributed by atoms with Crippen molar-refractivity contribution in [3.63, 3.8) is 0 Å². The number of aromatic nitrogens is 2. The molecule has 0 aliphatic heterocycles. The Morgan fingerprint density at radius 2 is 1.85 bits per heavy atom. The summed E-state index contributed by atoms with van der Waals surface area (Å²) in [6.45, 7) is 6.91. The Morgan fingerprint density at radius 1 is 1.13 bits per heavy atom. The average Bonchev–Trinajstić information content (AvgIpc) is 3.25. The molecule has 0 radical (unpaired) electrons. The summed E-state index contributed by atoms with van der Waals surface area (Å²) in [7, 11) is -3.60. The van der Waals surface area contributed by atoms with Gasteiger partial charge in [0.05, 0.1) is 28.1 Å². The van der Waals surface area contributed by atoms with E-state index in [-0.39, 0.29) is 51.9 Å². The number of H-pyrrole nitrogens is 1. The zero-order valence-electron chi connectivity index (χ0n) is 22.3. The molecule has 1 heterocycles. The smallest absolute Gasteiger partial charge is 0.353 e. The lowest BCUT2D eigenvalue weighted by atomic mass is 9.82. The minimum atomic E-state index is -4.56. The van der Waals surface area contributed by atoms with Crippen LogP contribution in [-0.4, -0.2) is 48.7 Å². The molecule has 1 aromatic heterocycles. The number of aryl methyl sites for hydroxylation is 1. The number of alkyl halides is 3. The number of fused-ring (bicyclic) bond motifs is 1. The van der Waals surface area contributed by atoms with Crippen molar-refractivity contribution < 1.29 is 26.4 Å². The Kier molecular flexibility index (Phi) is 8.70. The van der Waals surface area contributed by atoms with Gasteiger partial charge in [0.15, 0.2) is 9.84 Å². The molecule has 2 aromatic carbocycles. The van der Waals surface area contributed by atoms with Gasteiger partial charge >= 0.3 is 6.18 Å². The van der Waals surface area contributed by atoms with Gasteiger partial charge in [-0.3, -0.25) is 4.79 Å². The molecule has 11 heteroatoms. The molecule has 3 aromatic rings. The number of hydrogen-bond acceptors (Lipinski definition) is 5. The number of aromatic amines is 1. The quantitative estimate of drug-likeness (QED) is 0.346. The highest BCUT2D eigenvalue weighted by Crippen LogP contribution is 2.34. The first-order chi connectivity index (χ1) is 18.3. The molecule has 0 unspecified atom stereocenters. The molecule has 4 rings (SSSR count). The third-order valence-electron chi connectivity index (χ3n) is 7.15. The van der Waals surface area contributed by atoms with Crippen LogP contribution in [0, 0.1) is 18.8 Å². The second-order valence-electron chi connectivity index (χ2n) is 10.9. The van der Waals surface area contributed by atoms with Crippen molar-refractivity contribution in [1.82, 2.24) is 20.6 Å². The van der Waals surface area contributed by atoms with E-state index < -0.39 is 27.5 Å². The largest absolute Gasteiger partial charge is 0.418 e. The fourth-order valence-electron chi connectivity index (χ4n) is 5.16. The minimum absolute atomic E-state index is 0.111. The van der Waals surface area contributed by atoms with Gasteiger partial charge < -0.3 is 15.6 Å². The van der Waals surface area contributed by atoms with E-state index in [2.05, 4.69) is 34.4 Å². The van der Waals surface area contributed by atoms with Gasteiger partial charge in [-0.05, 0) is 68.8 Å². The molecule has 0 bridgehead atoms. The Labute approximate surface area is 226 Å². The monoisotopic (exact) mass is 564 g/mol. The van der Waals surface area contributed by atoms with Crippen LogP contribution < -0.4 is 10.6 Å². The number of halogens is 3. The lowest BCUT2D eigenvalue weighted by Crippen LogP contribution is -2.50. The maximum atomic E-state index is 13.4. The van der Waals surface area contributed by atoms with Crippen molar-refractivity contribution in [3.8, 4) is 0 Å². The molecule has 39 heavy (non-hydrogen) atoms. The predicted molar refractivity (Wildman–Crippen MR) is 144 cm³/mol. The van der Waals surface area contributed by atoms with Crippen LogP contribution in [0.4, 0.5) is 13.2 Å². The van der Waals surface area contributed by atoms with Gasteiger partial charge in [0.1, 0.15) is 11.3 Å². The molecule has 1 aliphatic rings. The first kappa shape index (κ1) is 29.1. The van der Waals surface area contributed by atoms with E-state index in [9.17, 15) is 26.4 Å². The number of nitrogens with one attached hydrogen (secondary N) is 3. The van der Waals surface area contributed by atoms with Gasteiger partial charge in [0, 0.05) is 12.1 Å². The van der Waals surface area contributed by atoms with Crippen molar-refractivity contribution in [2.75, 3.05) is 12.3 Å². The number of carbonyl (C=O) groups excluding carboxylic acids is 1. The number of rotatable bonds is 9. The molecule has 0 saturated heterocycles. The summed E-state index contributed by atoms with van der Waals surface area (Å²) in [6, 6.07) is 10.2. The zero-order chi connectivity index (χ0) is 28.4. The van der Waals surface area contributed by atoms with E-state index in [0.29, 0.717) is 18.8 Å². The van der Waals surface area contributed by atoms with Crippen LogP contribution in [-0.2, 0) is 27.2 Å². The molecule has 1 saturated carbocycles. The van der Waals surface area contributed by atoms with Crippen molar-refractivity contribution in [2.24, 2.45) is 11.8 Å². The number of imidazole rings is 1. The number of para-hydroxylation sites is 1. The zero-order valence-corrected chi connectivity index (χ0v) is 23.1. The summed E-state index contributed by atoms with van der Waals surface area (Å²) >= 11 is 0. The Balaban J connectivity index is 1.49. The number of amides is 1. The highest BCUT2D eigenvalue weighted by atomic mass is 32.2. The molecule has 1 fully saturated rings. The van der Waals surface area contributed by atoms with E-state index in [1.165, 1.54) is 12.1 Å². The second kappa shape index (κ2) is 11.7. The summed E-state index contributed by atoms with van der Waals surface area (Å²) in [5.74, 6) is -0.292. The van der Waals surface area contributed by atoms with Crippen LogP contribution in [0.5, 0.6) is 0 Å².